The Kier molecular flexibility index (Phi) is 4.46. The SMILES string of the molecule is N#Cc1ccc(C(=O)NCC(c2ccccc2)c2c[nH]c3ccccc23)[nH]1. The number of rotatable bonds is 5. The molecule has 4 rings (SSSR count). The van der Waals surface area contributed by atoms with E-state index in [-0.39, 0.29) is 11.8 Å². The first-order valence-corrected chi connectivity index (χ1v) is 8.74. The monoisotopic (exact) mass is 354 g/mol. The maximum absolute atomic E-state index is 12.5. The van der Waals surface area contributed by atoms with E-state index in [9.17, 15) is 4.79 Å². The van der Waals surface area contributed by atoms with Crippen molar-refractivity contribution in [1.29, 1.82) is 5.26 Å². The fourth-order valence-corrected chi connectivity index (χ4v) is 3.36. The number of fused-ring (bicyclic) bond motifs is 1. The highest BCUT2D eigenvalue weighted by atomic mass is 16.1. The molecule has 3 N–H and O–H groups in total. The Labute approximate surface area is 156 Å². The highest BCUT2D eigenvalue weighted by Gasteiger charge is 2.19. The third kappa shape index (κ3) is 3.33. The van der Waals surface area contributed by atoms with Crippen LogP contribution in [-0.2, 0) is 0 Å². The van der Waals surface area contributed by atoms with Crippen molar-refractivity contribution in [1.82, 2.24) is 15.3 Å². The molecule has 2 aromatic heterocycles. The number of nitriles is 1. The number of nitrogens with zero attached hydrogens (tertiary/aromatic N) is 1. The molecule has 1 unspecified atom stereocenters. The van der Waals surface area contributed by atoms with E-state index in [4.69, 9.17) is 5.26 Å². The molecule has 5 heteroatoms. The van der Waals surface area contributed by atoms with Gasteiger partial charge in [-0.2, -0.15) is 5.26 Å². The average Bonchev–Trinajstić information content (AvgIpc) is 3.36. The van der Waals surface area contributed by atoms with Crippen molar-refractivity contribution in [2.75, 3.05) is 6.54 Å². The highest BCUT2D eigenvalue weighted by Crippen LogP contribution is 2.30. The number of aromatic nitrogens is 2. The van der Waals surface area contributed by atoms with E-state index in [1.165, 1.54) is 0 Å². The third-order valence-electron chi connectivity index (χ3n) is 4.72. The molecule has 132 valence electrons. The Morgan fingerprint density at radius 1 is 1.04 bits per heavy atom. The van der Waals surface area contributed by atoms with E-state index in [1.54, 1.807) is 12.1 Å². The summed E-state index contributed by atoms with van der Waals surface area (Å²) in [6, 6.07) is 23.5. The van der Waals surface area contributed by atoms with Crippen LogP contribution in [0.15, 0.2) is 72.9 Å². The minimum absolute atomic E-state index is 0.0108. The maximum Gasteiger partial charge on any atom is 0.267 e. The van der Waals surface area contributed by atoms with Crippen molar-refractivity contribution in [2.24, 2.45) is 0 Å². The van der Waals surface area contributed by atoms with E-state index in [1.807, 2.05) is 48.7 Å². The van der Waals surface area contributed by atoms with Gasteiger partial charge in [-0.3, -0.25) is 4.79 Å². The molecule has 0 aliphatic rings. The lowest BCUT2D eigenvalue weighted by Crippen LogP contribution is -2.29. The summed E-state index contributed by atoms with van der Waals surface area (Å²) in [7, 11) is 0. The zero-order valence-corrected chi connectivity index (χ0v) is 14.6. The second kappa shape index (κ2) is 7.22. The molecular formula is C22H18N4O. The third-order valence-corrected chi connectivity index (χ3v) is 4.72. The molecule has 1 amide bonds. The highest BCUT2D eigenvalue weighted by molar-refractivity contribution is 5.92. The number of amides is 1. The zero-order chi connectivity index (χ0) is 18.6. The van der Waals surface area contributed by atoms with Crippen LogP contribution in [0.4, 0.5) is 0 Å². The van der Waals surface area contributed by atoms with Crippen molar-refractivity contribution < 1.29 is 4.79 Å². The maximum atomic E-state index is 12.5. The molecule has 0 fully saturated rings. The van der Waals surface area contributed by atoms with Crippen molar-refractivity contribution in [3.05, 3.63) is 95.4 Å². The van der Waals surface area contributed by atoms with E-state index >= 15 is 0 Å². The molecule has 0 saturated heterocycles. The van der Waals surface area contributed by atoms with Crippen LogP contribution in [0.25, 0.3) is 10.9 Å². The Morgan fingerprint density at radius 3 is 2.59 bits per heavy atom. The smallest absolute Gasteiger partial charge is 0.267 e. The first-order chi connectivity index (χ1) is 13.3. The molecule has 0 aliphatic carbocycles. The van der Waals surface area contributed by atoms with E-state index in [2.05, 4.69) is 33.5 Å². The lowest BCUT2D eigenvalue weighted by molar-refractivity contribution is 0.0948. The van der Waals surface area contributed by atoms with Crippen LogP contribution in [0.5, 0.6) is 0 Å². The summed E-state index contributed by atoms with van der Waals surface area (Å²) in [5.74, 6) is -0.214. The minimum Gasteiger partial charge on any atom is -0.361 e. The van der Waals surface area contributed by atoms with Gasteiger partial charge in [0.2, 0.25) is 0 Å². The first kappa shape index (κ1) is 16.7. The molecule has 1 atom stereocenters. The summed E-state index contributed by atoms with van der Waals surface area (Å²) in [5, 5.41) is 13.0. The molecule has 0 radical (unpaired) electrons. The van der Waals surface area contributed by atoms with Gasteiger partial charge in [0.1, 0.15) is 17.5 Å². The normalized spacial score (nSPS) is 11.8. The zero-order valence-electron chi connectivity index (χ0n) is 14.6. The Balaban J connectivity index is 1.63. The van der Waals surface area contributed by atoms with Crippen LogP contribution < -0.4 is 5.32 Å². The standard InChI is InChI=1S/C22H18N4O/c23-12-16-10-11-21(26-16)22(27)25-13-18(15-6-2-1-3-7-15)19-14-24-20-9-5-4-8-17(19)20/h1-11,14,18,24,26H,13H2,(H,25,27). The van der Waals surface area contributed by atoms with Gasteiger partial charge in [-0.05, 0) is 29.3 Å². The second-order valence-corrected chi connectivity index (χ2v) is 6.36. The summed E-state index contributed by atoms with van der Waals surface area (Å²) in [4.78, 5) is 18.6. The van der Waals surface area contributed by atoms with Gasteiger partial charge in [0.25, 0.3) is 5.91 Å². The molecule has 2 heterocycles. The fourth-order valence-electron chi connectivity index (χ4n) is 3.36. The Hall–Kier alpha value is -3.78. The lowest BCUT2D eigenvalue weighted by Gasteiger charge is -2.18. The number of hydrogen-bond acceptors (Lipinski definition) is 2. The van der Waals surface area contributed by atoms with Crippen molar-refractivity contribution >= 4 is 16.8 Å². The van der Waals surface area contributed by atoms with Crippen LogP contribution in [0.2, 0.25) is 0 Å². The number of benzene rings is 2. The number of carbonyl (C=O) groups excluding carboxylic acids is 1. The van der Waals surface area contributed by atoms with Gasteiger partial charge in [0.05, 0.1) is 0 Å². The van der Waals surface area contributed by atoms with Gasteiger partial charge in [-0.25, -0.2) is 0 Å². The minimum atomic E-state index is -0.225. The molecule has 4 aromatic rings. The fraction of sp³-hybridized carbons (Fsp3) is 0.0909. The number of para-hydroxylation sites is 1. The van der Waals surface area contributed by atoms with Crippen LogP contribution in [0, 0.1) is 11.3 Å². The average molecular weight is 354 g/mol. The summed E-state index contributed by atoms with van der Waals surface area (Å²) < 4.78 is 0. The lowest BCUT2D eigenvalue weighted by atomic mass is 9.91. The summed E-state index contributed by atoms with van der Waals surface area (Å²) in [6.07, 6.45) is 2.01. The predicted octanol–water partition coefficient (Wildman–Crippen LogP) is 3.93. The van der Waals surface area contributed by atoms with E-state index in [0.717, 1.165) is 22.0 Å². The quantitative estimate of drug-likeness (QED) is 0.507. The van der Waals surface area contributed by atoms with Crippen LogP contribution in [0.3, 0.4) is 0 Å². The number of hydrogen-bond donors (Lipinski definition) is 3. The van der Waals surface area contributed by atoms with Gasteiger partial charge in [0.15, 0.2) is 0 Å². The summed E-state index contributed by atoms with van der Waals surface area (Å²) >= 11 is 0. The summed E-state index contributed by atoms with van der Waals surface area (Å²) in [5.41, 5.74) is 4.10. The molecule has 5 nitrogen and oxygen atoms in total. The van der Waals surface area contributed by atoms with Gasteiger partial charge < -0.3 is 15.3 Å². The van der Waals surface area contributed by atoms with Gasteiger partial charge in [-0.1, -0.05) is 48.5 Å². The second-order valence-electron chi connectivity index (χ2n) is 6.36. The van der Waals surface area contributed by atoms with Gasteiger partial charge in [-0.15, -0.1) is 0 Å². The number of aromatic amines is 2. The Morgan fingerprint density at radius 2 is 1.81 bits per heavy atom. The first-order valence-electron chi connectivity index (χ1n) is 8.74. The molecule has 2 aromatic carbocycles. The van der Waals surface area contributed by atoms with Gasteiger partial charge >= 0.3 is 0 Å². The molecule has 0 bridgehead atoms. The molecule has 27 heavy (non-hydrogen) atoms. The van der Waals surface area contributed by atoms with Crippen molar-refractivity contribution in [3.8, 4) is 6.07 Å². The molecule has 0 spiro atoms. The van der Waals surface area contributed by atoms with E-state index in [0.29, 0.717) is 17.9 Å². The topological polar surface area (TPSA) is 84.5 Å². The number of nitrogens with one attached hydrogen (secondary N) is 3. The van der Waals surface area contributed by atoms with Crippen molar-refractivity contribution in [2.45, 2.75) is 5.92 Å². The van der Waals surface area contributed by atoms with Crippen LogP contribution in [-0.4, -0.2) is 22.4 Å². The summed E-state index contributed by atoms with van der Waals surface area (Å²) in [6.45, 7) is 0.450. The largest absolute Gasteiger partial charge is 0.361 e. The van der Waals surface area contributed by atoms with Gasteiger partial charge in [0, 0.05) is 29.6 Å². The molecular weight excluding hydrogens is 336 g/mol. The number of H-pyrrole nitrogens is 2. The van der Waals surface area contributed by atoms with Crippen LogP contribution in [0.1, 0.15) is 33.2 Å². The molecule has 0 aliphatic heterocycles. The number of carbonyl (C=O) groups is 1. The van der Waals surface area contributed by atoms with Crippen LogP contribution >= 0.6 is 0 Å². The predicted molar refractivity (Wildman–Crippen MR) is 104 cm³/mol. The molecule has 0 saturated carbocycles. The van der Waals surface area contributed by atoms with Crippen molar-refractivity contribution in [3.63, 3.8) is 0 Å². The Bertz CT molecular complexity index is 1120. The van der Waals surface area contributed by atoms with E-state index < -0.39 is 0 Å².